The number of nitrogens with one attached hydrogen (secondary N) is 1. The average Bonchev–Trinajstić information content (AvgIpc) is 3.22. The maximum absolute atomic E-state index is 13.3. The van der Waals surface area contributed by atoms with Gasteiger partial charge in [0.25, 0.3) is 0 Å². The van der Waals surface area contributed by atoms with Crippen LogP contribution < -0.4 is 9.62 Å². The summed E-state index contributed by atoms with van der Waals surface area (Å²) in [5.74, 6) is -0.161. The number of nitrogens with zero attached hydrogens (tertiary/aromatic N) is 7. The normalized spacial score (nSPS) is 18.1. The lowest BCUT2D eigenvalue weighted by molar-refractivity contribution is -0.138. The number of hydrogen-bond donors (Lipinski definition) is 1. The van der Waals surface area contributed by atoms with E-state index in [9.17, 15) is 26.4 Å². The van der Waals surface area contributed by atoms with Gasteiger partial charge in [-0.3, -0.25) is 9.20 Å². The molecule has 0 atom stereocenters. The van der Waals surface area contributed by atoms with E-state index in [2.05, 4.69) is 25.1 Å². The predicted molar refractivity (Wildman–Crippen MR) is 128 cm³/mol. The Bertz CT molecular complexity index is 1460. The summed E-state index contributed by atoms with van der Waals surface area (Å²) in [7, 11) is -3.97. The van der Waals surface area contributed by atoms with Crippen molar-refractivity contribution in [3.8, 4) is 10.8 Å². The third-order valence-corrected chi connectivity index (χ3v) is 9.01. The SMILES string of the molecule is CC(C)C(=O)N1CCN(c2cc(S(=O)(=O)NC3(C)CC3)cn3c(-c4nnc(C(F)(F)F)s4)nnc23)CC1. The van der Waals surface area contributed by atoms with Gasteiger partial charge in [0.15, 0.2) is 16.5 Å². The van der Waals surface area contributed by atoms with Crippen molar-refractivity contribution in [2.45, 2.75) is 50.2 Å². The number of fused-ring (bicyclic) bond motifs is 1. The highest BCUT2D eigenvalue weighted by Gasteiger charge is 2.42. The Morgan fingerprint density at radius 1 is 1.11 bits per heavy atom. The maximum atomic E-state index is 13.3. The minimum atomic E-state index is -4.67. The van der Waals surface area contributed by atoms with Gasteiger partial charge in [-0.1, -0.05) is 25.2 Å². The fraction of sp³-hybridized carbons (Fsp3) is 0.571. The summed E-state index contributed by atoms with van der Waals surface area (Å²) >= 11 is 0.300. The molecule has 0 aromatic carbocycles. The highest BCUT2D eigenvalue weighted by atomic mass is 32.2. The van der Waals surface area contributed by atoms with Crippen molar-refractivity contribution in [2.24, 2.45) is 5.92 Å². The number of hydrogen-bond acceptors (Lipinski definition) is 9. The molecule has 3 aromatic heterocycles. The molecule has 16 heteroatoms. The van der Waals surface area contributed by atoms with E-state index in [1.54, 1.807) is 11.8 Å². The molecule has 2 fully saturated rings. The summed E-state index contributed by atoms with van der Waals surface area (Å²) in [5.41, 5.74) is 0.173. The molecule has 1 amide bonds. The van der Waals surface area contributed by atoms with Gasteiger partial charge in [-0.15, -0.1) is 20.4 Å². The van der Waals surface area contributed by atoms with Gasteiger partial charge >= 0.3 is 6.18 Å². The van der Waals surface area contributed by atoms with E-state index >= 15 is 0 Å². The second-order valence-corrected chi connectivity index (χ2v) is 12.5. The molecule has 0 unspecified atom stereocenters. The van der Waals surface area contributed by atoms with Crippen molar-refractivity contribution in [1.82, 2.24) is 34.4 Å². The van der Waals surface area contributed by atoms with Crippen LogP contribution in [-0.4, -0.2) is 75.7 Å². The quantitative estimate of drug-likeness (QED) is 0.489. The number of anilines is 1. The van der Waals surface area contributed by atoms with Crippen molar-refractivity contribution < 1.29 is 26.4 Å². The number of rotatable bonds is 6. The topological polar surface area (TPSA) is 126 Å². The van der Waals surface area contributed by atoms with Crippen molar-refractivity contribution in [3.63, 3.8) is 0 Å². The summed E-state index contributed by atoms with van der Waals surface area (Å²) < 4.78 is 70.0. The Labute approximate surface area is 214 Å². The highest BCUT2D eigenvalue weighted by Crippen LogP contribution is 2.38. The van der Waals surface area contributed by atoms with Crippen LogP contribution in [0, 0.1) is 5.92 Å². The van der Waals surface area contributed by atoms with E-state index < -0.39 is 26.7 Å². The van der Waals surface area contributed by atoms with Crippen molar-refractivity contribution in [3.05, 3.63) is 17.3 Å². The molecule has 11 nitrogen and oxygen atoms in total. The average molecular weight is 559 g/mol. The van der Waals surface area contributed by atoms with E-state index in [1.807, 2.05) is 18.7 Å². The van der Waals surface area contributed by atoms with Crippen LogP contribution in [0.4, 0.5) is 18.9 Å². The first-order valence-corrected chi connectivity index (χ1v) is 13.9. The van der Waals surface area contributed by atoms with Crippen LogP contribution in [0.15, 0.2) is 17.2 Å². The molecule has 3 aromatic rings. The first kappa shape index (κ1) is 25.8. The van der Waals surface area contributed by atoms with Gasteiger partial charge in [0, 0.05) is 43.8 Å². The lowest BCUT2D eigenvalue weighted by Crippen LogP contribution is -2.50. The van der Waals surface area contributed by atoms with E-state index in [-0.39, 0.29) is 33.2 Å². The van der Waals surface area contributed by atoms with E-state index in [0.717, 1.165) is 0 Å². The molecule has 200 valence electrons. The Hall–Kier alpha value is -2.85. The summed E-state index contributed by atoms with van der Waals surface area (Å²) in [6, 6.07) is 1.49. The van der Waals surface area contributed by atoms with Crippen LogP contribution in [0.2, 0.25) is 0 Å². The van der Waals surface area contributed by atoms with Crippen LogP contribution in [0.3, 0.4) is 0 Å². The first-order valence-electron chi connectivity index (χ1n) is 11.6. The number of halogens is 3. The van der Waals surface area contributed by atoms with E-state index in [0.29, 0.717) is 56.0 Å². The molecule has 0 spiro atoms. The van der Waals surface area contributed by atoms with Crippen LogP contribution in [0.5, 0.6) is 0 Å². The van der Waals surface area contributed by atoms with Gasteiger partial charge < -0.3 is 9.80 Å². The van der Waals surface area contributed by atoms with Crippen molar-refractivity contribution >= 4 is 38.6 Å². The van der Waals surface area contributed by atoms with Gasteiger partial charge in [0.2, 0.25) is 20.9 Å². The minimum Gasteiger partial charge on any atom is -0.365 e. The van der Waals surface area contributed by atoms with Gasteiger partial charge in [0.1, 0.15) is 4.90 Å². The Balaban J connectivity index is 1.57. The standard InChI is InChI=1S/C21H25F3N8O3S2/c1-12(2)18(33)31-8-6-30(7-9-31)14-10-13(37(34,35)29-20(3)4-5-20)11-32-15(14)25-26-16(32)17-27-28-19(36-17)21(22,23)24/h10-12,29H,4-9H2,1-3H3. The van der Waals surface area contributed by atoms with E-state index in [1.165, 1.54) is 16.7 Å². The van der Waals surface area contributed by atoms with Gasteiger partial charge in [0.05, 0.1) is 5.69 Å². The Kier molecular flexibility index (Phi) is 6.18. The smallest absolute Gasteiger partial charge is 0.365 e. The molecular formula is C21H25F3N8O3S2. The Morgan fingerprint density at radius 3 is 2.35 bits per heavy atom. The largest absolute Gasteiger partial charge is 0.445 e. The monoisotopic (exact) mass is 558 g/mol. The molecule has 1 aliphatic heterocycles. The molecule has 0 bridgehead atoms. The molecule has 1 aliphatic carbocycles. The number of amides is 1. The number of sulfonamides is 1. The zero-order valence-electron chi connectivity index (χ0n) is 20.3. The number of carbonyl (C=O) groups is 1. The highest BCUT2D eigenvalue weighted by molar-refractivity contribution is 7.89. The predicted octanol–water partition coefficient (Wildman–Crippen LogP) is 2.40. The zero-order chi connectivity index (χ0) is 26.8. The summed E-state index contributed by atoms with van der Waals surface area (Å²) in [6.07, 6.45) is -1.98. The van der Waals surface area contributed by atoms with Gasteiger partial charge in [-0.25, -0.2) is 13.1 Å². The number of aromatic nitrogens is 5. The number of carbonyl (C=O) groups excluding carboxylic acids is 1. The maximum Gasteiger partial charge on any atom is 0.445 e. The second kappa shape index (κ2) is 8.87. The molecule has 1 saturated heterocycles. The zero-order valence-corrected chi connectivity index (χ0v) is 21.9. The van der Waals surface area contributed by atoms with Gasteiger partial charge in [-0.05, 0) is 25.8 Å². The summed E-state index contributed by atoms with van der Waals surface area (Å²) in [4.78, 5) is 16.0. The third-order valence-electron chi connectivity index (χ3n) is 6.44. The fourth-order valence-corrected chi connectivity index (χ4v) is 6.29. The van der Waals surface area contributed by atoms with Crippen LogP contribution in [-0.2, 0) is 21.0 Å². The summed E-state index contributed by atoms with van der Waals surface area (Å²) in [5, 5.41) is 13.8. The number of alkyl halides is 3. The minimum absolute atomic E-state index is 0.0319. The molecule has 5 rings (SSSR count). The van der Waals surface area contributed by atoms with Crippen LogP contribution in [0.1, 0.15) is 38.6 Å². The lowest BCUT2D eigenvalue weighted by atomic mass is 10.1. The lowest BCUT2D eigenvalue weighted by Gasteiger charge is -2.37. The molecule has 0 radical (unpaired) electrons. The number of piperazine rings is 1. The molecule has 1 saturated carbocycles. The fourth-order valence-electron chi connectivity index (χ4n) is 4.11. The molecular weight excluding hydrogens is 533 g/mol. The number of pyridine rings is 1. The summed E-state index contributed by atoms with van der Waals surface area (Å²) in [6.45, 7) is 7.17. The molecule has 2 aliphatic rings. The van der Waals surface area contributed by atoms with Crippen molar-refractivity contribution in [2.75, 3.05) is 31.1 Å². The van der Waals surface area contributed by atoms with Gasteiger partial charge in [-0.2, -0.15) is 13.2 Å². The molecule has 37 heavy (non-hydrogen) atoms. The van der Waals surface area contributed by atoms with E-state index in [4.69, 9.17) is 0 Å². The molecule has 1 N–H and O–H groups in total. The van der Waals surface area contributed by atoms with Crippen LogP contribution >= 0.6 is 11.3 Å². The Morgan fingerprint density at radius 2 is 1.78 bits per heavy atom. The van der Waals surface area contributed by atoms with Crippen molar-refractivity contribution in [1.29, 1.82) is 0 Å². The van der Waals surface area contributed by atoms with Crippen LogP contribution in [0.25, 0.3) is 16.5 Å². The third kappa shape index (κ3) is 5.01. The second-order valence-electron chi connectivity index (χ2n) is 9.82. The molecule has 4 heterocycles. The first-order chi connectivity index (χ1) is 17.3.